The second kappa shape index (κ2) is 4.80. The van der Waals surface area contributed by atoms with Gasteiger partial charge in [0, 0.05) is 30.9 Å². The summed E-state index contributed by atoms with van der Waals surface area (Å²) in [6.07, 6.45) is 6.26. The van der Waals surface area contributed by atoms with Gasteiger partial charge in [-0.15, -0.1) is 0 Å². The Balaban J connectivity index is 1.54. The second-order valence-electron chi connectivity index (χ2n) is 6.56. The summed E-state index contributed by atoms with van der Waals surface area (Å²) < 4.78 is 0. The van der Waals surface area contributed by atoms with Gasteiger partial charge < -0.3 is 10.2 Å². The lowest BCUT2D eigenvalue weighted by atomic mass is 10.0. The molecule has 3 nitrogen and oxygen atoms in total. The molecule has 2 unspecified atom stereocenters. The maximum atomic E-state index is 12.7. The van der Waals surface area contributed by atoms with Crippen LogP contribution < -0.4 is 5.32 Å². The van der Waals surface area contributed by atoms with Crippen molar-refractivity contribution in [3.8, 4) is 0 Å². The van der Waals surface area contributed by atoms with E-state index < -0.39 is 0 Å². The van der Waals surface area contributed by atoms with Crippen molar-refractivity contribution in [1.82, 2.24) is 4.90 Å². The molecule has 0 bridgehead atoms. The largest absolute Gasteiger partial charge is 0.385 e. The number of rotatable bonds is 1. The molecule has 3 heteroatoms. The van der Waals surface area contributed by atoms with Gasteiger partial charge in [-0.25, -0.2) is 0 Å². The molecule has 4 rings (SSSR count). The summed E-state index contributed by atoms with van der Waals surface area (Å²) in [7, 11) is 0. The molecule has 3 aliphatic rings. The number of hydrogen-bond donors (Lipinski definition) is 1. The Bertz CT molecular complexity index is 528. The van der Waals surface area contributed by atoms with E-state index in [0.717, 1.165) is 43.5 Å². The van der Waals surface area contributed by atoms with E-state index in [-0.39, 0.29) is 5.91 Å². The lowest BCUT2D eigenvalue weighted by Gasteiger charge is -2.21. The number of benzene rings is 1. The van der Waals surface area contributed by atoms with Gasteiger partial charge in [-0.05, 0) is 61.3 Å². The first-order valence-electron chi connectivity index (χ1n) is 7.97. The molecule has 1 N–H and O–H groups in total. The van der Waals surface area contributed by atoms with Gasteiger partial charge in [0.15, 0.2) is 0 Å². The van der Waals surface area contributed by atoms with E-state index >= 15 is 0 Å². The second-order valence-corrected chi connectivity index (χ2v) is 6.56. The molecule has 2 atom stereocenters. The van der Waals surface area contributed by atoms with Crippen LogP contribution in [0.5, 0.6) is 0 Å². The highest BCUT2D eigenvalue weighted by Gasteiger charge is 2.38. The summed E-state index contributed by atoms with van der Waals surface area (Å²) in [5, 5.41) is 3.41. The smallest absolute Gasteiger partial charge is 0.253 e. The molecule has 106 valence electrons. The third-order valence-electron chi connectivity index (χ3n) is 5.30. The van der Waals surface area contributed by atoms with Crippen LogP contribution in [0.25, 0.3) is 0 Å². The monoisotopic (exact) mass is 270 g/mol. The Morgan fingerprint density at radius 2 is 1.95 bits per heavy atom. The fourth-order valence-corrected chi connectivity index (χ4v) is 4.19. The number of carbonyl (C=O) groups is 1. The zero-order valence-electron chi connectivity index (χ0n) is 11.9. The van der Waals surface area contributed by atoms with E-state index in [1.165, 1.54) is 36.9 Å². The van der Waals surface area contributed by atoms with Gasteiger partial charge in [0.2, 0.25) is 0 Å². The molecule has 0 spiro atoms. The van der Waals surface area contributed by atoms with Crippen LogP contribution in [0.3, 0.4) is 0 Å². The summed E-state index contributed by atoms with van der Waals surface area (Å²) in [6, 6.07) is 6.18. The predicted octanol–water partition coefficient (Wildman–Crippen LogP) is 2.92. The van der Waals surface area contributed by atoms with Crippen LogP contribution >= 0.6 is 0 Å². The molecule has 1 saturated carbocycles. The summed E-state index contributed by atoms with van der Waals surface area (Å²) in [5.74, 6) is 1.80. The number of anilines is 1. The van der Waals surface area contributed by atoms with E-state index in [2.05, 4.69) is 22.3 Å². The topological polar surface area (TPSA) is 32.3 Å². The Morgan fingerprint density at radius 1 is 1.15 bits per heavy atom. The van der Waals surface area contributed by atoms with Gasteiger partial charge in [0.1, 0.15) is 0 Å². The maximum absolute atomic E-state index is 12.7. The minimum atomic E-state index is 0.243. The summed E-state index contributed by atoms with van der Waals surface area (Å²) in [6.45, 7) is 3.02. The van der Waals surface area contributed by atoms with E-state index in [4.69, 9.17) is 0 Å². The van der Waals surface area contributed by atoms with E-state index in [0.29, 0.717) is 0 Å². The molecule has 2 fully saturated rings. The zero-order chi connectivity index (χ0) is 13.5. The minimum absolute atomic E-state index is 0.243. The number of aryl methyl sites for hydroxylation is 1. The highest BCUT2D eigenvalue weighted by atomic mass is 16.2. The molecule has 1 aliphatic carbocycles. The predicted molar refractivity (Wildman–Crippen MR) is 80.0 cm³/mol. The number of nitrogens with one attached hydrogen (secondary N) is 1. The lowest BCUT2D eigenvalue weighted by Crippen LogP contribution is -2.29. The minimum Gasteiger partial charge on any atom is -0.385 e. The van der Waals surface area contributed by atoms with Crippen molar-refractivity contribution < 1.29 is 4.79 Å². The van der Waals surface area contributed by atoms with Gasteiger partial charge in [0.05, 0.1) is 0 Å². The molecule has 0 aromatic heterocycles. The van der Waals surface area contributed by atoms with Crippen LogP contribution in [-0.2, 0) is 6.42 Å². The first-order valence-corrected chi connectivity index (χ1v) is 7.97. The molecule has 1 aromatic carbocycles. The number of carbonyl (C=O) groups excluding carboxylic acids is 1. The van der Waals surface area contributed by atoms with E-state index in [1.807, 2.05) is 6.07 Å². The fourth-order valence-electron chi connectivity index (χ4n) is 4.19. The molecule has 2 heterocycles. The normalized spacial score (nSPS) is 27.9. The molecule has 1 amide bonds. The highest BCUT2D eigenvalue weighted by molar-refractivity contribution is 5.95. The Hall–Kier alpha value is -1.51. The van der Waals surface area contributed by atoms with Crippen LogP contribution in [0.4, 0.5) is 5.69 Å². The molecule has 1 aromatic rings. The average Bonchev–Trinajstić information content (AvgIpc) is 3.07. The van der Waals surface area contributed by atoms with Crippen molar-refractivity contribution in [2.24, 2.45) is 11.8 Å². The Kier molecular flexibility index (Phi) is 2.94. The third-order valence-corrected chi connectivity index (χ3v) is 5.30. The number of nitrogens with zero attached hydrogens (tertiary/aromatic N) is 1. The molecular weight excluding hydrogens is 248 g/mol. The summed E-state index contributed by atoms with van der Waals surface area (Å²) in [5.41, 5.74) is 3.40. The van der Waals surface area contributed by atoms with Crippen LogP contribution in [0.15, 0.2) is 18.2 Å². The first kappa shape index (κ1) is 12.2. The maximum Gasteiger partial charge on any atom is 0.253 e. The van der Waals surface area contributed by atoms with Gasteiger partial charge in [-0.3, -0.25) is 4.79 Å². The van der Waals surface area contributed by atoms with Crippen molar-refractivity contribution in [3.05, 3.63) is 29.3 Å². The van der Waals surface area contributed by atoms with Gasteiger partial charge in [-0.2, -0.15) is 0 Å². The van der Waals surface area contributed by atoms with Crippen molar-refractivity contribution in [2.75, 3.05) is 25.0 Å². The molecule has 20 heavy (non-hydrogen) atoms. The number of fused-ring (bicyclic) bond motifs is 2. The average molecular weight is 270 g/mol. The van der Waals surface area contributed by atoms with Crippen LogP contribution in [0, 0.1) is 11.8 Å². The zero-order valence-corrected chi connectivity index (χ0v) is 11.9. The van der Waals surface area contributed by atoms with E-state index in [9.17, 15) is 4.79 Å². The van der Waals surface area contributed by atoms with Gasteiger partial charge >= 0.3 is 0 Å². The fraction of sp³-hybridized carbons (Fsp3) is 0.588. The molecule has 2 aliphatic heterocycles. The standard InChI is InChI=1S/C17H22N2O/c20-17(19-10-14-3-1-4-15(14)11-19)13-6-7-16-12(9-13)5-2-8-18-16/h6-7,9,14-15,18H,1-5,8,10-11H2. The number of likely N-dealkylation sites (tertiary alicyclic amines) is 1. The van der Waals surface area contributed by atoms with Crippen molar-refractivity contribution in [3.63, 3.8) is 0 Å². The third kappa shape index (κ3) is 2.00. The van der Waals surface area contributed by atoms with Crippen molar-refractivity contribution >= 4 is 11.6 Å². The highest BCUT2D eigenvalue weighted by Crippen LogP contribution is 2.38. The van der Waals surface area contributed by atoms with Crippen LogP contribution in [0.1, 0.15) is 41.6 Å². The van der Waals surface area contributed by atoms with Crippen LogP contribution in [-0.4, -0.2) is 30.4 Å². The van der Waals surface area contributed by atoms with Crippen LogP contribution in [0.2, 0.25) is 0 Å². The molecular formula is C17H22N2O. The summed E-state index contributed by atoms with van der Waals surface area (Å²) in [4.78, 5) is 14.8. The van der Waals surface area contributed by atoms with Gasteiger partial charge in [0.25, 0.3) is 5.91 Å². The number of hydrogen-bond acceptors (Lipinski definition) is 2. The van der Waals surface area contributed by atoms with Crippen molar-refractivity contribution in [2.45, 2.75) is 32.1 Å². The summed E-state index contributed by atoms with van der Waals surface area (Å²) >= 11 is 0. The van der Waals surface area contributed by atoms with Gasteiger partial charge in [-0.1, -0.05) is 6.42 Å². The molecule has 1 saturated heterocycles. The Morgan fingerprint density at radius 3 is 2.75 bits per heavy atom. The lowest BCUT2D eigenvalue weighted by molar-refractivity contribution is 0.0780. The Labute approximate surface area is 120 Å². The SMILES string of the molecule is O=C(c1ccc2c(c1)CCCN2)N1CC2CCCC2C1. The van der Waals surface area contributed by atoms with Crippen molar-refractivity contribution in [1.29, 1.82) is 0 Å². The van der Waals surface area contributed by atoms with E-state index in [1.54, 1.807) is 0 Å². The quantitative estimate of drug-likeness (QED) is 0.851. The molecule has 0 radical (unpaired) electrons. The first-order chi connectivity index (χ1) is 9.81. The number of amides is 1.